The molecule has 0 aliphatic carbocycles. The largest absolute Gasteiger partial charge is 0.249 e. The molecule has 78 valence electrons. The number of fused-ring (bicyclic) bond motifs is 1. The molecule has 0 N–H and O–H groups in total. The van der Waals surface area contributed by atoms with Gasteiger partial charge in [-0.3, -0.25) is 0 Å². The molecule has 0 aromatic carbocycles. The van der Waals surface area contributed by atoms with Crippen molar-refractivity contribution in [2.24, 2.45) is 0 Å². The molecule has 2 heterocycles. The second-order valence-electron chi connectivity index (χ2n) is 3.38. The van der Waals surface area contributed by atoms with E-state index in [0.717, 1.165) is 10.2 Å². The highest BCUT2D eigenvalue weighted by Gasteiger charge is 2.29. The first-order valence-corrected chi connectivity index (χ1v) is 7.57. The minimum absolute atomic E-state index is 0.0507. The van der Waals surface area contributed by atoms with Crippen LogP contribution in [0.5, 0.6) is 0 Å². The third-order valence-corrected chi connectivity index (χ3v) is 4.66. The first-order chi connectivity index (χ1) is 6.30. The zero-order chi connectivity index (χ0) is 10.6. The summed E-state index contributed by atoms with van der Waals surface area (Å²) < 4.78 is 45.9. The molecule has 7 heteroatoms. The maximum Gasteiger partial charge on any atom is 0.235 e. The molecule has 0 unspecified atom stereocenters. The minimum Gasteiger partial charge on any atom is -0.249 e. The van der Waals surface area contributed by atoms with Gasteiger partial charge in [-0.25, -0.2) is 20.8 Å². The summed E-state index contributed by atoms with van der Waals surface area (Å²) in [6.45, 7) is 0. The van der Waals surface area contributed by atoms with Crippen molar-refractivity contribution in [1.82, 2.24) is 3.97 Å². The highest BCUT2D eigenvalue weighted by atomic mass is 32.2. The molecule has 2 rings (SSSR count). The number of rotatable bonds is 1. The van der Waals surface area contributed by atoms with Gasteiger partial charge in [0.2, 0.25) is 10.0 Å². The molecule has 0 saturated carbocycles. The van der Waals surface area contributed by atoms with Crippen molar-refractivity contribution in [2.45, 2.75) is 11.5 Å². The van der Waals surface area contributed by atoms with E-state index in [1.54, 1.807) is 6.07 Å². The van der Waals surface area contributed by atoms with E-state index in [1.165, 1.54) is 6.20 Å². The van der Waals surface area contributed by atoms with Crippen molar-refractivity contribution in [3.8, 4) is 0 Å². The number of aromatic nitrogens is 1. The van der Waals surface area contributed by atoms with Gasteiger partial charge in [0.25, 0.3) is 0 Å². The van der Waals surface area contributed by atoms with Crippen molar-refractivity contribution in [3.63, 3.8) is 0 Å². The highest BCUT2D eigenvalue weighted by Crippen LogP contribution is 2.26. The van der Waals surface area contributed by atoms with Crippen LogP contribution in [0.1, 0.15) is 11.3 Å². The van der Waals surface area contributed by atoms with Gasteiger partial charge in [-0.15, -0.1) is 0 Å². The molecule has 1 aliphatic rings. The topological polar surface area (TPSA) is 73.2 Å². The Balaban J connectivity index is 2.64. The van der Waals surface area contributed by atoms with E-state index in [9.17, 15) is 16.8 Å². The predicted molar refractivity (Wildman–Crippen MR) is 51.0 cm³/mol. The quantitative estimate of drug-likeness (QED) is 0.671. The lowest BCUT2D eigenvalue weighted by atomic mass is 10.3. The fourth-order valence-corrected chi connectivity index (χ4v) is 4.11. The predicted octanol–water partition coefficient (Wildman–Crippen LogP) is -0.276. The molecule has 0 saturated heterocycles. The molecule has 14 heavy (non-hydrogen) atoms. The Morgan fingerprint density at radius 3 is 2.57 bits per heavy atom. The molecule has 0 amide bonds. The molecular weight excluding hydrogens is 226 g/mol. The van der Waals surface area contributed by atoms with Crippen LogP contribution in [0.3, 0.4) is 0 Å². The highest BCUT2D eigenvalue weighted by molar-refractivity contribution is 7.90. The summed E-state index contributed by atoms with van der Waals surface area (Å²) in [7, 11) is -6.51. The van der Waals surface area contributed by atoms with E-state index in [1.807, 2.05) is 0 Å². The Bertz CT molecular complexity index is 579. The third kappa shape index (κ3) is 1.46. The fraction of sp³-hybridized carbons (Fsp3) is 0.429. The molecule has 1 aromatic rings. The summed E-state index contributed by atoms with van der Waals surface area (Å²) in [6, 6.07) is 1.54. The normalized spacial score (nSPS) is 19.5. The molecule has 1 aliphatic heterocycles. The van der Waals surface area contributed by atoms with E-state index in [0.29, 0.717) is 11.3 Å². The maximum absolute atomic E-state index is 11.2. The van der Waals surface area contributed by atoms with Gasteiger partial charge in [0, 0.05) is 6.20 Å². The van der Waals surface area contributed by atoms with E-state index in [4.69, 9.17) is 0 Å². The van der Waals surface area contributed by atoms with Gasteiger partial charge in [-0.2, -0.15) is 0 Å². The van der Waals surface area contributed by atoms with Gasteiger partial charge >= 0.3 is 0 Å². The third-order valence-electron chi connectivity index (χ3n) is 2.14. The first-order valence-electron chi connectivity index (χ1n) is 3.90. The Morgan fingerprint density at radius 1 is 1.36 bits per heavy atom. The Kier molecular flexibility index (Phi) is 1.81. The van der Waals surface area contributed by atoms with Crippen molar-refractivity contribution in [1.29, 1.82) is 0 Å². The number of sulfone groups is 1. The monoisotopic (exact) mass is 235 g/mol. The lowest BCUT2D eigenvalue weighted by Gasteiger charge is -2.02. The fourth-order valence-electron chi connectivity index (χ4n) is 1.58. The SMILES string of the molecule is CS(=O)(=O)n1ccc2c1CS(=O)(=O)C2. The summed E-state index contributed by atoms with van der Waals surface area (Å²) in [5.74, 6) is -0.229. The average Bonchev–Trinajstić information content (AvgIpc) is 2.38. The summed E-state index contributed by atoms with van der Waals surface area (Å²) in [4.78, 5) is 0. The van der Waals surface area contributed by atoms with Crippen molar-refractivity contribution in [2.75, 3.05) is 6.26 Å². The van der Waals surface area contributed by atoms with Crippen LogP contribution in [0, 0.1) is 0 Å². The lowest BCUT2D eigenvalue weighted by Crippen LogP contribution is -2.12. The van der Waals surface area contributed by atoms with Crippen molar-refractivity contribution >= 4 is 19.9 Å². The Hall–Kier alpha value is -0.820. The molecule has 0 bridgehead atoms. The van der Waals surface area contributed by atoms with Gasteiger partial charge in [0.15, 0.2) is 9.84 Å². The zero-order valence-electron chi connectivity index (χ0n) is 7.47. The van der Waals surface area contributed by atoms with Crippen LogP contribution >= 0.6 is 0 Å². The van der Waals surface area contributed by atoms with Gasteiger partial charge in [0.05, 0.1) is 23.5 Å². The molecule has 1 aromatic heterocycles. The van der Waals surface area contributed by atoms with Crippen LogP contribution in [0.4, 0.5) is 0 Å². The zero-order valence-corrected chi connectivity index (χ0v) is 9.10. The maximum atomic E-state index is 11.2. The number of hydrogen-bond acceptors (Lipinski definition) is 4. The second-order valence-corrected chi connectivity index (χ2v) is 7.30. The van der Waals surface area contributed by atoms with E-state index >= 15 is 0 Å². The summed E-state index contributed by atoms with van der Waals surface area (Å²) in [5.41, 5.74) is 0.975. The van der Waals surface area contributed by atoms with Gasteiger partial charge < -0.3 is 0 Å². The van der Waals surface area contributed by atoms with Crippen LogP contribution in [0.25, 0.3) is 0 Å². The first kappa shape index (κ1) is 9.72. The molecule has 0 fully saturated rings. The van der Waals surface area contributed by atoms with Crippen LogP contribution in [0.2, 0.25) is 0 Å². The number of nitrogens with zero attached hydrogens (tertiary/aromatic N) is 1. The summed E-state index contributed by atoms with van der Waals surface area (Å²) in [5, 5.41) is 0. The van der Waals surface area contributed by atoms with Crippen LogP contribution in [-0.2, 0) is 31.4 Å². The van der Waals surface area contributed by atoms with Crippen LogP contribution < -0.4 is 0 Å². The molecule has 0 atom stereocenters. The van der Waals surface area contributed by atoms with Gasteiger partial charge in [0.1, 0.15) is 0 Å². The van der Waals surface area contributed by atoms with Gasteiger partial charge in [-0.05, 0) is 11.6 Å². The summed E-state index contributed by atoms with van der Waals surface area (Å²) in [6.07, 6.45) is 2.45. The molecule has 0 radical (unpaired) electrons. The van der Waals surface area contributed by atoms with Crippen LogP contribution in [0.15, 0.2) is 12.3 Å². The van der Waals surface area contributed by atoms with E-state index < -0.39 is 19.9 Å². The van der Waals surface area contributed by atoms with Gasteiger partial charge in [-0.1, -0.05) is 0 Å². The lowest BCUT2D eigenvalue weighted by molar-refractivity contribution is 0.591. The molecule has 5 nitrogen and oxygen atoms in total. The average molecular weight is 235 g/mol. The Morgan fingerprint density at radius 2 is 2.00 bits per heavy atom. The Labute approximate surface area is 82.3 Å². The van der Waals surface area contributed by atoms with E-state index in [-0.39, 0.29) is 11.5 Å². The number of hydrogen-bond donors (Lipinski definition) is 0. The molecular formula is C7H9NO4S2. The van der Waals surface area contributed by atoms with Crippen molar-refractivity contribution in [3.05, 3.63) is 23.5 Å². The molecule has 0 spiro atoms. The minimum atomic E-state index is -3.38. The van der Waals surface area contributed by atoms with Crippen LogP contribution in [-0.4, -0.2) is 27.1 Å². The smallest absolute Gasteiger partial charge is 0.235 e. The standard InChI is InChI=1S/C7H9NO4S2/c1-13(9,10)8-3-2-6-4-14(11,12)5-7(6)8/h2-3H,4-5H2,1H3. The second kappa shape index (κ2) is 2.60. The summed E-state index contributed by atoms with van der Waals surface area (Å²) >= 11 is 0. The van der Waals surface area contributed by atoms with Crippen molar-refractivity contribution < 1.29 is 16.8 Å². The van der Waals surface area contributed by atoms with E-state index in [2.05, 4.69) is 0 Å².